The summed E-state index contributed by atoms with van der Waals surface area (Å²) >= 11 is 0. The molecule has 0 aromatic heterocycles. The summed E-state index contributed by atoms with van der Waals surface area (Å²) < 4.78 is 5.40. The van der Waals surface area contributed by atoms with Gasteiger partial charge in [-0.1, -0.05) is 12.1 Å². The van der Waals surface area contributed by atoms with E-state index >= 15 is 0 Å². The molecule has 1 aliphatic rings. The van der Waals surface area contributed by atoms with Gasteiger partial charge in [-0.05, 0) is 23.6 Å². The summed E-state index contributed by atoms with van der Waals surface area (Å²) in [5.41, 5.74) is 8.10. The molecule has 0 bridgehead atoms. The van der Waals surface area contributed by atoms with Gasteiger partial charge in [0, 0.05) is 12.5 Å². The third kappa shape index (κ3) is 1.89. The van der Waals surface area contributed by atoms with Gasteiger partial charge in [0.15, 0.2) is 0 Å². The normalized spacial score (nSPS) is 16.1. The number of hydrogen-bond donors (Lipinski definition) is 2. The van der Waals surface area contributed by atoms with Crippen molar-refractivity contribution in [2.75, 3.05) is 13.2 Å². The minimum Gasteiger partial charge on any atom is -0.493 e. The van der Waals surface area contributed by atoms with E-state index in [1.807, 2.05) is 12.1 Å². The van der Waals surface area contributed by atoms with Gasteiger partial charge in [0.2, 0.25) is 0 Å². The predicted octanol–water partition coefficient (Wildman–Crippen LogP) is 0.484. The van der Waals surface area contributed by atoms with Crippen molar-refractivity contribution in [3.8, 4) is 5.75 Å². The van der Waals surface area contributed by atoms with Crippen LogP contribution in [-0.4, -0.2) is 24.4 Å². The van der Waals surface area contributed by atoms with Crippen molar-refractivity contribution in [2.45, 2.75) is 18.9 Å². The van der Waals surface area contributed by atoms with Crippen LogP contribution in [0.15, 0.2) is 18.2 Å². The third-order valence-corrected chi connectivity index (χ3v) is 2.49. The maximum Gasteiger partial charge on any atom is 0.122 e. The number of fused-ring (bicyclic) bond motifs is 1. The van der Waals surface area contributed by atoms with Crippen molar-refractivity contribution in [1.82, 2.24) is 0 Å². The maximum atomic E-state index is 8.84. The van der Waals surface area contributed by atoms with Crippen molar-refractivity contribution in [2.24, 2.45) is 5.73 Å². The van der Waals surface area contributed by atoms with E-state index in [9.17, 15) is 0 Å². The molecule has 1 unspecified atom stereocenters. The average molecular weight is 193 g/mol. The van der Waals surface area contributed by atoms with Crippen LogP contribution >= 0.6 is 0 Å². The predicted molar refractivity (Wildman–Crippen MR) is 54.4 cm³/mol. The topological polar surface area (TPSA) is 55.5 Å². The van der Waals surface area contributed by atoms with E-state index in [0.29, 0.717) is 0 Å². The molecule has 76 valence electrons. The van der Waals surface area contributed by atoms with Crippen molar-refractivity contribution in [1.29, 1.82) is 0 Å². The number of nitrogens with two attached hydrogens (primary N) is 1. The molecule has 3 nitrogen and oxygen atoms in total. The molecule has 1 heterocycles. The molecule has 1 aromatic carbocycles. The molecule has 3 N–H and O–H groups in total. The van der Waals surface area contributed by atoms with Gasteiger partial charge in [-0.2, -0.15) is 0 Å². The van der Waals surface area contributed by atoms with Crippen LogP contribution in [0.2, 0.25) is 0 Å². The van der Waals surface area contributed by atoms with Gasteiger partial charge in [0.25, 0.3) is 0 Å². The molecule has 0 saturated carbocycles. The minimum absolute atomic E-state index is 0.0353. The highest BCUT2D eigenvalue weighted by molar-refractivity contribution is 5.40. The summed E-state index contributed by atoms with van der Waals surface area (Å²) in [7, 11) is 0. The Morgan fingerprint density at radius 2 is 2.36 bits per heavy atom. The second-order valence-corrected chi connectivity index (χ2v) is 3.69. The Bertz CT molecular complexity index is 325. The highest BCUT2D eigenvalue weighted by Gasteiger charge is 2.12. The molecule has 0 amide bonds. The first-order valence-corrected chi connectivity index (χ1v) is 4.90. The molecule has 0 spiro atoms. The summed E-state index contributed by atoms with van der Waals surface area (Å²) in [4.78, 5) is 0. The van der Waals surface area contributed by atoms with Crippen LogP contribution in [0.3, 0.4) is 0 Å². The van der Waals surface area contributed by atoms with Gasteiger partial charge in [-0.25, -0.2) is 0 Å². The molecule has 14 heavy (non-hydrogen) atoms. The van der Waals surface area contributed by atoms with Crippen LogP contribution in [0.1, 0.15) is 11.1 Å². The first-order valence-electron chi connectivity index (χ1n) is 4.90. The summed E-state index contributed by atoms with van der Waals surface area (Å²) in [5.74, 6) is 0.992. The Morgan fingerprint density at radius 3 is 3.14 bits per heavy atom. The average Bonchev–Trinajstić information content (AvgIpc) is 2.64. The van der Waals surface area contributed by atoms with Crippen LogP contribution in [0.25, 0.3) is 0 Å². The van der Waals surface area contributed by atoms with E-state index in [4.69, 9.17) is 15.6 Å². The number of ether oxygens (including phenoxy) is 1. The zero-order chi connectivity index (χ0) is 9.97. The van der Waals surface area contributed by atoms with Gasteiger partial charge in [-0.15, -0.1) is 0 Å². The van der Waals surface area contributed by atoms with Gasteiger partial charge < -0.3 is 15.6 Å². The molecule has 0 fully saturated rings. The highest BCUT2D eigenvalue weighted by atomic mass is 16.5. The first-order chi connectivity index (χ1) is 6.79. The lowest BCUT2D eigenvalue weighted by Crippen LogP contribution is -2.26. The number of aliphatic hydroxyl groups excluding tert-OH is 1. The monoisotopic (exact) mass is 193 g/mol. The van der Waals surface area contributed by atoms with E-state index in [2.05, 4.69) is 6.07 Å². The third-order valence-electron chi connectivity index (χ3n) is 2.49. The maximum absolute atomic E-state index is 8.84. The smallest absolute Gasteiger partial charge is 0.122 e. The molecule has 0 radical (unpaired) electrons. The Labute approximate surface area is 83.5 Å². The molecule has 1 aromatic rings. The quantitative estimate of drug-likeness (QED) is 0.734. The lowest BCUT2D eigenvalue weighted by atomic mass is 10.0. The standard InChI is InChI=1S/C11H15NO2/c12-10(7-13)6-8-1-2-11-9(5-8)3-4-14-11/h1-2,5,10,13H,3-4,6-7,12H2. The van der Waals surface area contributed by atoms with Crippen molar-refractivity contribution < 1.29 is 9.84 Å². The summed E-state index contributed by atoms with van der Waals surface area (Å²) in [6.45, 7) is 0.818. The Morgan fingerprint density at radius 1 is 1.50 bits per heavy atom. The van der Waals surface area contributed by atoms with Crippen molar-refractivity contribution in [3.05, 3.63) is 29.3 Å². The molecule has 3 heteroatoms. The summed E-state index contributed by atoms with van der Waals surface area (Å²) in [6, 6.07) is 5.97. The van der Waals surface area contributed by atoms with Crippen LogP contribution in [0.4, 0.5) is 0 Å². The van der Waals surface area contributed by atoms with E-state index in [1.165, 1.54) is 11.1 Å². The summed E-state index contributed by atoms with van der Waals surface area (Å²) in [5, 5.41) is 8.84. The van der Waals surface area contributed by atoms with E-state index in [0.717, 1.165) is 25.2 Å². The van der Waals surface area contributed by atoms with E-state index in [-0.39, 0.29) is 12.6 Å². The Balaban J connectivity index is 2.12. The zero-order valence-electron chi connectivity index (χ0n) is 8.07. The minimum atomic E-state index is -0.157. The van der Waals surface area contributed by atoms with Crippen LogP contribution in [0.5, 0.6) is 5.75 Å². The van der Waals surface area contributed by atoms with E-state index < -0.39 is 0 Å². The van der Waals surface area contributed by atoms with Crippen LogP contribution in [0, 0.1) is 0 Å². The zero-order valence-corrected chi connectivity index (χ0v) is 8.07. The molecule has 2 rings (SSSR count). The van der Waals surface area contributed by atoms with Gasteiger partial charge >= 0.3 is 0 Å². The Kier molecular flexibility index (Phi) is 2.70. The highest BCUT2D eigenvalue weighted by Crippen LogP contribution is 2.26. The fraction of sp³-hybridized carbons (Fsp3) is 0.455. The second-order valence-electron chi connectivity index (χ2n) is 3.69. The van der Waals surface area contributed by atoms with E-state index in [1.54, 1.807) is 0 Å². The van der Waals surface area contributed by atoms with Crippen molar-refractivity contribution in [3.63, 3.8) is 0 Å². The van der Waals surface area contributed by atoms with Crippen LogP contribution < -0.4 is 10.5 Å². The number of benzene rings is 1. The molecule has 0 saturated heterocycles. The fourth-order valence-electron chi connectivity index (χ4n) is 1.73. The second kappa shape index (κ2) is 3.98. The number of aliphatic hydroxyl groups is 1. The number of rotatable bonds is 3. The SMILES string of the molecule is NC(CO)Cc1ccc2c(c1)CCO2. The molecular weight excluding hydrogens is 178 g/mol. The van der Waals surface area contributed by atoms with Gasteiger partial charge in [0.1, 0.15) is 5.75 Å². The lowest BCUT2D eigenvalue weighted by molar-refractivity contribution is 0.265. The molecule has 0 aliphatic carbocycles. The largest absolute Gasteiger partial charge is 0.493 e. The Hall–Kier alpha value is -1.06. The molecule has 1 atom stereocenters. The lowest BCUT2D eigenvalue weighted by Gasteiger charge is -2.08. The van der Waals surface area contributed by atoms with Crippen molar-refractivity contribution >= 4 is 0 Å². The van der Waals surface area contributed by atoms with Crippen LogP contribution in [-0.2, 0) is 12.8 Å². The molecule has 1 aliphatic heterocycles. The molecular formula is C11H15NO2. The first kappa shape index (κ1) is 9.49. The fourth-order valence-corrected chi connectivity index (χ4v) is 1.73. The number of hydrogen-bond acceptors (Lipinski definition) is 3. The van der Waals surface area contributed by atoms with Gasteiger partial charge in [-0.3, -0.25) is 0 Å². The van der Waals surface area contributed by atoms with Gasteiger partial charge in [0.05, 0.1) is 13.2 Å². The summed E-state index contributed by atoms with van der Waals surface area (Å²) in [6.07, 6.45) is 1.71.